The highest BCUT2D eigenvalue weighted by Gasteiger charge is 2.14. The lowest BCUT2D eigenvalue weighted by Gasteiger charge is -2.08. The number of carboxylic acid groups (broad SMARTS) is 1. The van der Waals surface area contributed by atoms with Gasteiger partial charge in [-0.15, -0.1) is 0 Å². The fourth-order valence-electron chi connectivity index (χ4n) is 1.68. The maximum Gasteiger partial charge on any atom is 0.331 e. The summed E-state index contributed by atoms with van der Waals surface area (Å²) in [5.74, 6) is -1.86. The standard InChI is InChI=1S/C15H26N2O4/c1-4-5-6-7-8-9-10-16-15(21)17-13(18)11(2)12(3)14(19)20/h4-10H2,1-3H3,(H,19,20)(H2,16,17,18,21). The molecule has 0 bridgehead atoms. The van der Waals surface area contributed by atoms with Crippen LogP contribution in [-0.4, -0.2) is 29.6 Å². The van der Waals surface area contributed by atoms with E-state index in [1.54, 1.807) is 0 Å². The molecule has 0 saturated carbocycles. The first-order valence-corrected chi connectivity index (χ1v) is 7.40. The van der Waals surface area contributed by atoms with E-state index in [0.717, 1.165) is 19.3 Å². The molecule has 0 atom stereocenters. The Hall–Kier alpha value is -1.85. The first-order chi connectivity index (χ1) is 9.90. The highest BCUT2D eigenvalue weighted by atomic mass is 16.4. The van der Waals surface area contributed by atoms with Gasteiger partial charge in [-0.25, -0.2) is 9.59 Å². The molecule has 0 aliphatic heterocycles. The van der Waals surface area contributed by atoms with Gasteiger partial charge in [0.1, 0.15) is 0 Å². The van der Waals surface area contributed by atoms with Crippen molar-refractivity contribution in [1.82, 2.24) is 10.6 Å². The van der Waals surface area contributed by atoms with Crippen molar-refractivity contribution in [1.29, 1.82) is 0 Å². The van der Waals surface area contributed by atoms with Gasteiger partial charge < -0.3 is 10.4 Å². The lowest BCUT2D eigenvalue weighted by Crippen LogP contribution is -2.40. The number of urea groups is 1. The number of amides is 3. The number of rotatable bonds is 9. The maximum atomic E-state index is 11.6. The summed E-state index contributed by atoms with van der Waals surface area (Å²) >= 11 is 0. The fourth-order valence-corrected chi connectivity index (χ4v) is 1.68. The van der Waals surface area contributed by atoms with Gasteiger partial charge >= 0.3 is 12.0 Å². The summed E-state index contributed by atoms with van der Waals surface area (Å²) in [4.78, 5) is 33.8. The molecule has 0 aliphatic carbocycles. The van der Waals surface area contributed by atoms with Gasteiger partial charge in [-0.3, -0.25) is 10.1 Å². The lowest BCUT2D eigenvalue weighted by molar-refractivity contribution is -0.133. The van der Waals surface area contributed by atoms with Crippen LogP contribution in [-0.2, 0) is 9.59 Å². The Morgan fingerprint density at radius 1 is 0.905 bits per heavy atom. The maximum absolute atomic E-state index is 11.6. The van der Waals surface area contributed by atoms with Crippen LogP contribution in [0.15, 0.2) is 11.1 Å². The molecule has 21 heavy (non-hydrogen) atoms. The summed E-state index contributed by atoms with van der Waals surface area (Å²) in [6, 6.07) is -0.592. The van der Waals surface area contributed by atoms with E-state index in [4.69, 9.17) is 5.11 Å². The van der Waals surface area contributed by atoms with Crippen molar-refractivity contribution < 1.29 is 19.5 Å². The predicted molar refractivity (Wildman–Crippen MR) is 80.9 cm³/mol. The van der Waals surface area contributed by atoms with E-state index in [1.165, 1.54) is 33.1 Å². The topological polar surface area (TPSA) is 95.5 Å². The lowest BCUT2D eigenvalue weighted by atomic mass is 10.1. The SMILES string of the molecule is CCCCCCCCNC(=O)NC(=O)C(C)=C(C)C(=O)O. The quantitative estimate of drug-likeness (QED) is 0.450. The second-order valence-electron chi connectivity index (χ2n) is 5.03. The first-order valence-electron chi connectivity index (χ1n) is 7.40. The van der Waals surface area contributed by atoms with E-state index < -0.39 is 17.9 Å². The zero-order chi connectivity index (χ0) is 16.3. The van der Waals surface area contributed by atoms with Crippen LogP contribution in [0.3, 0.4) is 0 Å². The van der Waals surface area contributed by atoms with Crippen molar-refractivity contribution in [3.63, 3.8) is 0 Å². The molecule has 0 heterocycles. The van der Waals surface area contributed by atoms with Gasteiger partial charge in [-0.05, 0) is 20.3 Å². The van der Waals surface area contributed by atoms with Crippen molar-refractivity contribution in [3.05, 3.63) is 11.1 Å². The first kappa shape index (κ1) is 19.1. The molecular weight excluding hydrogens is 272 g/mol. The van der Waals surface area contributed by atoms with Gasteiger partial charge in [-0.1, -0.05) is 39.0 Å². The molecule has 0 unspecified atom stereocenters. The van der Waals surface area contributed by atoms with Crippen LogP contribution in [0.5, 0.6) is 0 Å². The number of aliphatic carboxylic acids is 1. The number of imide groups is 1. The number of carbonyl (C=O) groups is 3. The molecule has 6 nitrogen and oxygen atoms in total. The Bertz CT molecular complexity index is 402. The average Bonchev–Trinajstić information content (AvgIpc) is 2.44. The van der Waals surface area contributed by atoms with Crippen LogP contribution < -0.4 is 10.6 Å². The van der Waals surface area contributed by atoms with E-state index in [0.29, 0.717) is 6.54 Å². The average molecular weight is 298 g/mol. The third kappa shape index (κ3) is 8.83. The highest BCUT2D eigenvalue weighted by Crippen LogP contribution is 2.04. The zero-order valence-corrected chi connectivity index (χ0v) is 13.1. The predicted octanol–water partition coefficient (Wildman–Crippen LogP) is 2.59. The van der Waals surface area contributed by atoms with Crippen LogP contribution in [0.1, 0.15) is 59.3 Å². The minimum absolute atomic E-state index is 0.0252. The molecular formula is C15H26N2O4. The van der Waals surface area contributed by atoms with E-state index in [9.17, 15) is 14.4 Å². The summed E-state index contributed by atoms with van der Waals surface area (Å²) in [6.07, 6.45) is 6.71. The highest BCUT2D eigenvalue weighted by molar-refractivity contribution is 6.07. The smallest absolute Gasteiger partial charge is 0.331 e. The van der Waals surface area contributed by atoms with Crippen LogP contribution in [0, 0.1) is 0 Å². The van der Waals surface area contributed by atoms with E-state index >= 15 is 0 Å². The molecule has 0 spiro atoms. The minimum atomic E-state index is -1.17. The van der Waals surface area contributed by atoms with E-state index in [2.05, 4.69) is 17.6 Å². The van der Waals surface area contributed by atoms with Gasteiger partial charge in [0.25, 0.3) is 5.91 Å². The monoisotopic (exact) mass is 298 g/mol. The minimum Gasteiger partial charge on any atom is -0.478 e. The van der Waals surface area contributed by atoms with Gasteiger partial charge in [0.15, 0.2) is 0 Å². The fraction of sp³-hybridized carbons (Fsp3) is 0.667. The number of carbonyl (C=O) groups excluding carboxylic acids is 2. The second-order valence-corrected chi connectivity index (χ2v) is 5.03. The van der Waals surface area contributed by atoms with Crippen molar-refractivity contribution in [2.45, 2.75) is 59.3 Å². The van der Waals surface area contributed by atoms with Crippen molar-refractivity contribution in [3.8, 4) is 0 Å². The number of unbranched alkanes of at least 4 members (excludes halogenated alkanes) is 5. The Balaban J connectivity index is 3.92. The molecule has 0 radical (unpaired) electrons. The summed E-state index contributed by atoms with van der Waals surface area (Å²) in [5.41, 5.74) is -0.0477. The number of carboxylic acids is 1. The molecule has 3 amide bonds. The van der Waals surface area contributed by atoms with Gasteiger partial charge in [-0.2, -0.15) is 0 Å². The third-order valence-corrected chi connectivity index (χ3v) is 3.27. The Labute approximate surface area is 126 Å². The summed E-state index contributed by atoms with van der Waals surface area (Å²) in [6.45, 7) is 5.36. The zero-order valence-electron chi connectivity index (χ0n) is 13.1. The Morgan fingerprint density at radius 3 is 2.05 bits per heavy atom. The summed E-state index contributed by atoms with van der Waals surface area (Å²) in [7, 11) is 0. The van der Waals surface area contributed by atoms with Crippen molar-refractivity contribution in [2.24, 2.45) is 0 Å². The van der Waals surface area contributed by atoms with Crippen LogP contribution in [0.25, 0.3) is 0 Å². The molecule has 0 saturated heterocycles. The van der Waals surface area contributed by atoms with E-state index in [-0.39, 0.29) is 11.1 Å². The Kier molecular flexibility index (Phi) is 9.92. The van der Waals surface area contributed by atoms with Gasteiger partial charge in [0.2, 0.25) is 0 Å². The number of hydrogen-bond donors (Lipinski definition) is 3. The normalized spacial score (nSPS) is 11.6. The molecule has 0 aromatic rings. The van der Waals surface area contributed by atoms with E-state index in [1.807, 2.05) is 0 Å². The number of nitrogens with one attached hydrogen (secondary N) is 2. The molecule has 6 heteroatoms. The molecule has 0 fully saturated rings. The Morgan fingerprint density at radius 2 is 1.48 bits per heavy atom. The summed E-state index contributed by atoms with van der Waals surface area (Å²) in [5, 5.41) is 13.5. The molecule has 0 aromatic carbocycles. The number of hydrogen-bond acceptors (Lipinski definition) is 3. The van der Waals surface area contributed by atoms with Gasteiger partial charge in [0.05, 0.1) is 0 Å². The summed E-state index contributed by atoms with van der Waals surface area (Å²) < 4.78 is 0. The second kappa shape index (κ2) is 10.9. The van der Waals surface area contributed by atoms with Crippen LogP contribution in [0.2, 0.25) is 0 Å². The largest absolute Gasteiger partial charge is 0.478 e. The van der Waals surface area contributed by atoms with Crippen LogP contribution in [0.4, 0.5) is 4.79 Å². The third-order valence-electron chi connectivity index (χ3n) is 3.27. The molecule has 3 N–H and O–H groups in total. The van der Waals surface area contributed by atoms with Gasteiger partial charge in [0, 0.05) is 17.7 Å². The molecule has 0 aromatic heterocycles. The van der Waals surface area contributed by atoms with Crippen molar-refractivity contribution in [2.75, 3.05) is 6.54 Å². The molecule has 0 aliphatic rings. The molecule has 0 rings (SSSR count). The molecule has 120 valence electrons. The van der Waals surface area contributed by atoms with Crippen LogP contribution >= 0.6 is 0 Å². The van der Waals surface area contributed by atoms with Crippen molar-refractivity contribution >= 4 is 17.9 Å².